The highest BCUT2D eigenvalue weighted by molar-refractivity contribution is 5.60. The fourth-order valence-corrected chi connectivity index (χ4v) is 3.04. The van der Waals surface area contributed by atoms with Crippen LogP contribution < -0.4 is 0 Å². The van der Waals surface area contributed by atoms with Gasteiger partial charge in [-0.3, -0.25) is 4.57 Å². The van der Waals surface area contributed by atoms with E-state index in [0.29, 0.717) is 23.3 Å². The summed E-state index contributed by atoms with van der Waals surface area (Å²) < 4.78 is 58.2. The number of nitrogens with zero attached hydrogens (tertiary/aromatic N) is 1. The molecule has 2 N–H and O–H groups in total. The lowest BCUT2D eigenvalue weighted by atomic mass is 10.0. The van der Waals surface area contributed by atoms with Gasteiger partial charge in [-0.15, -0.1) is 0 Å². The average molecular weight is 327 g/mol. The van der Waals surface area contributed by atoms with Crippen molar-refractivity contribution in [1.29, 1.82) is 0 Å². The Kier molecular flexibility index (Phi) is 2.63. The van der Waals surface area contributed by atoms with E-state index in [9.17, 15) is 27.8 Å². The number of halogens is 4. The van der Waals surface area contributed by atoms with Crippen molar-refractivity contribution in [3.05, 3.63) is 52.9 Å². The van der Waals surface area contributed by atoms with Crippen molar-refractivity contribution in [1.82, 2.24) is 4.57 Å². The molecule has 2 aliphatic rings. The second kappa shape index (κ2) is 4.29. The molecule has 2 aliphatic heterocycles. The summed E-state index contributed by atoms with van der Waals surface area (Å²) in [5.41, 5.74) is -1.04. The second-order valence-corrected chi connectivity index (χ2v) is 5.33. The Hall–Kier alpha value is -2.48. The molecule has 2 unspecified atom stereocenters. The fourth-order valence-electron chi connectivity index (χ4n) is 3.04. The first-order valence-corrected chi connectivity index (χ1v) is 6.66. The first kappa shape index (κ1) is 14.1. The molecule has 0 saturated heterocycles. The molecule has 2 atom stereocenters. The second-order valence-electron chi connectivity index (χ2n) is 5.33. The minimum Gasteiger partial charge on any atom is -0.494 e. The highest BCUT2D eigenvalue weighted by Crippen LogP contribution is 2.55. The van der Waals surface area contributed by atoms with Crippen molar-refractivity contribution < 1.29 is 32.5 Å². The van der Waals surface area contributed by atoms with Crippen LogP contribution in [0.2, 0.25) is 0 Å². The molecule has 23 heavy (non-hydrogen) atoms. The van der Waals surface area contributed by atoms with Gasteiger partial charge in [0.15, 0.2) is 0 Å². The van der Waals surface area contributed by atoms with Gasteiger partial charge in [0.1, 0.15) is 18.0 Å². The minimum atomic E-state index is -4.88. The Morgan fingerprint density at radius 3 is 2.09 bits per heavy atom. The van der Waals surface area contributed by atoms with Crippen molar-refractivity contribution in [2.24, 2.45) is 0 Å². The molecule has 1 aromatic heterocycles. The number of benzene rings is 1. The van der Waals surface area contributed by atoms with Gasteiger partial charge in [-0.1, -0.05) is 12.2 Å². The summed E-state index contributed by atoms with van der Waals surface area (Å²) in [6, 6.07) is 2.24. The van der Waals surface area contributed by atoms with E-state index in [2.05, 4.69) is 0 Å². The molecule has 0 saturated carbocycles. The smallest absolute Gasteiger partial charge is 0.419 e. The SMILES string of the molecule is Oc1c2c(c(O)n1-c1ccc(F)c(C(F)(F)F)c1)C1C=CC2O1. The third kappa shape index (κ3) is 1.81. The summed E-state index contributed by atoms with van der Waals surface area (Å²) in [5, 5.41) is 20.6. The van der Waals surface area contributed by atoms with Crippen molar-refractivity contribution >= 4 is 0 Å². The predicted molar refractivity (Wildman–Crippen MR) is 69.8 cm³/mol. The molecule has 0 fully saturated rings. The zero-order valence-corrected chi connectivity index (χ0v) is 11.3. The lowest BCUT2D eigenvalue weighted by Gasteiger charge is -2.13. The van der Waals surface area contributed by atoms with E-state index < -0.39 is 41.5 Å². The Labute approximate surface area is 126 Å². The van der Waals surface area contributed by atoms with E-state index in [1.807, 2.05) is 0 Å². The Bertz CT molecular complexity index is 818. The van der Waals surface area contributed by atoms with Crippen LogP contribution in [0.1, 0.15) is 28.9 Å². The molecule has 8 heteroatoms. The monoisotopic (exact) mass is 327 g/mol. The number of hydrogen-bond donors (Lipinski definition) is 2. The largest absolute Gasteiger partial charge is 0.494 e. The Balaban J connectivity index is 1.91. The molecular weight excluding hydrogens is 318 g/mol. The van der Waals surface area contributed by atoms with E-state index in [1.54, 1.807) is 12.2 Å². The van der Waals surface area contributed by atoms with E-state index in [0.717, 1.165) is 10.6 Å². The molecule has 0 amide bonds. The molecule has 4 rings (SSSR count). The molecular formula is C15H9F4NO3. The number of hydrogen-bond acceptors (Lipinski definition) is 3. The lowest BCUT2D eigenvalue weighted by molar-refractivity contribution is -0.140. The number of aromatic hydroxyl groups is 2. The van der Waals surface area contributed by atoms with Crippen LogP contribution in [0.4, 0.5) is 17.6 Å². The van der Waals surface area contributed by atoms with Gasteiger partial charge >= 0.3 is 6.18 Å². The first-order chi connectivity index (χ1) is 10.8. The molecule has 120 valence electrons. The van der Waals surface area contributed by atoms with Crippen LogP contribution in [0.15, 0.2) is 30.4 Å². The van der Waals surface area contributed by atoms with E-state index in [-0.39, 0.29) is 5.69 Å². The van der Waals surface area contributed by atoms with Crippen molar-refractivity contribution in [3.8, 4) is 17.4 Å². The predicted octanol–water partition coefficient (Wildman–Crippen LogP) is 3.73. The zero-order valence-electron chi connectivity index (χ0n) is 11.3. The number of alkyl halides is 3. The number of rotatable bonds is 1. The van der Waals surface area contributed by atoms with Crippen LogP contribution in [0.25, 0.3) is 5.69 Å². The van der Waals surface area contributed by atoms with Crippen molar-refractivity contribution in [3.63, 3.8) is 0 Å². The van der Waals surface area contributed by atoms with Gasteiger partial charge in [0.2, 0.25) is 11.8 Å². The Morgan fingerprint density at radius 1 is 1.00 bits per heavy atom. The Morgan fingerprint density at radius 2 is 1.57 bits per heavy atom. The summed E-state index contributed by atoms with van der Waals surface area (Å²) in [5.74, 6) is -2.27. The molecule has 2 aromatic rings. The maximum atomic E-state index is 13.4. The topological polar surface area (TPSA) is 54.6 Å². The summed E-state index contributed by atoms with van der Waals surface area (Å²) in [6.45, 7) is 0. The van der Waals surface area contributed by atoms with Crippen LogP contribution in [-0.2, 0) is 10.9 Å². The summed E-state index contributed by atoms with van der Waals surface area (Å²) in [7, 11) is 0. The third-order valence-electron chi connectivity index (χ3n) is 4.03. The normalized spacial score (nSPS) is 21.9. The van der Waals surface area contributed by atoms with Crippen LogP contribution >= 0.6 is 0 Å². The molecule has 2 bridgehead atoms. The first-order valence-electron chi connectivity index (χ1n) is 6.66. The molecule has 1 aromatic carbocycles. The van der Waals surface area contributed by atoms with Gasteiger partial charge in [-0.2, -0.15) is 13.2 Å². The molecule has 4 nitrogen and oxygen atoms in total. The minimum absolute atomic E-state index is 0.192. The van der Waals surface area contributed by atoms with Gasteiger partial charge in [-0.25, -0.2) is 4.39 Å². The highest BCUT2D eigenvalue weighted by Gasteiger charge is 2.43. The maximum Gasteiger partial charge on any atom is 0.419 e. The number of aromatic nitrogens is 1. The summed E-state index contributed by atoms with van der Waals surface area (Å²) >= 11 is 0. The fraction of sp³-hybridized carbons (Fsp3) is 0.200. The third-order valence-corrected chi connectivity index (χ3v) is 4.03. The summed E-state index contributed by atoms with van der Waals surface area (Å²) in [4.78, 5) is 0. The van der Waals surface area contributed by atoms with Crippen LogP contribution in [-0.4, -0.2) is 14.8 Å². The zero-order chi connectivity index (χ0) is 16.5. The van der Waals surface area contributed by atoms with E-state index >= 15 is 0 Å². The van der Waals surface area contributed by atoms with Gasteiger partial charge < -0.3 is 14.9 Å². The van der Waals surface area contributed by atoms with Crippen LogP contribution in [0.3, 0.4) is 0 Å². The van der Waals surface area contributed by atoms with Gasteiger partial charge in [0.25, 0.3) is 0 Å². The van der Waals surface area contributed by atoms with Crippen LogP contribution in [0.5, 0.6) is 11.8 Å². The van der Waals surface area contributed by atoms with Gasteiger partial charge in [-0.05, 0) is 18.2 Å². The molecule has 0 radical (unpaired) electrons. The van der Waals surface area contributed by atoms with Crippen LogP contribution in [0, 0.1) is 5.82 Å². The van der Waals surface area contributed by atoms with E-state index in [4.69, 9.17) is 4.74 Å². The standard InChI is InChI=1S/C15H9F4NO3/c16-8-2-1-6(5-7(8)15(17,18)19)20-13(21)11-9-3-4-10(23-9)12(11)14(20)22/h1-5,9-10,21-22H. The van der Waals surface area contributed by atoms with Gasteiger partial charge in [0, 0.05) is 0 Å². The lowest BCUT2D eigenvalue weighted by Crippen LogP contribution is -2.09. The van der Waals surface area contributed by atoms with Crippen molar-refractivity contribution in [2.75, 3.05) is 0 Å². The van der Waals surface area contributed by atoms with E-state index in [1.165, 1.54) is 0 Å². The quantitative estimate of drug-likeness (QED) is 0.620. The molecule has 3 heterocycles. The summed E-state index contributed by atoms with van der Waals surface area (Å²) in [6.07, 6.45) is -2.62. The van der Waals surface area contributed by atoms with Crippen molar-refractivity contribution in [2.45, 2.75) is 18.4 Å². The highest BCUT2D eigenvalue weighted by atomic mass is 19.4. The maximum absolute atomic E-state index is 13.4. The molecule has 0 aliphatic carbocycles. The number of ether oxygens (including phenoxy) is 1. The average Bonchev–Trinajstić information content (AvgIpc) is 3.13. The molecule has 0 spiro atoms. The van der Waals surface area contributed by atoms with Gasteiger partial charge in [0.05, 0.1) is 22.4 Å². The number of fused-ring (bicyclic) bond motifs is 5.